The average molecular weight is 556 g/mol. The van der Waals surface area contributed by atoms with Gasteiger partial charge in [-0.05, 0) is 36.4 Å². The van der Waals surface area contributed by atoms with Crippen molar-refractivity contribution in [2.75, 3.05) is 10.9 Å². The van der Waals surface area contributed by atoms with Gasteiger partial charge in [0.25, 0.3) is 0 Å². The Morgan fingerprint density at radius 3 is 1.56 bits per heavy atom. The van der Waals surface area contributed by atoms with E-state index in [1.165, 1.54) is 12.4 Å². The van der Waals surface area contributed by atoms with E-state index in [1.54, 1.807) is 36.4 Å². The van der Waals surface area contributed by atoms with Crippen molar-refractivity contribution in [1.82, 2.24) is 10.2 Å². The maximum Gasteiger partial charge on any atom is 0.176 e. The Morgan fingerprint density at radius 1 is 0.688 bits per heavy atom. The summed E-state index contributed by atoms with van der Waals surface area (Å²) in [6, 6.07) is 17.7. The number of phenolic OH excluding ortho intramolecular Hbond substituents is 2. The highest BCUT2D eigenvalue weighted by Gasteiger charge is 2.08. The molecule has 32 heavy (non-hydrogen) atoms. The molecule has 0 atom stereocenters. The second-order valence-corrected chi connectivity index (χ2v) is 8.42. The fourth-order valence-electron chi connectivity index (χ4n) is 2.85. The summed E-state index contributed by atoms with van der Waals surface area (Å²) in [4.78, 5) is 0. The van der Waals surface area contributed by atoms with Crippen molar-refractivity contribution in [3.63, 3.8) is 0 Å². The first-order valence-electron chi connectivity index (χ1n) is 9.32. The van der Waals surface area contributed by atoms with Gasteiger partial charge in [-0.3, -0.25) is 10.9 Å². The number of hydrazone groups is 2. The lowest BCUT2D eigenvalue weighted by Crippen LogP contribution is -2.01. The summed E-state index contributed by atoms with van der Waals surface area (Å²) in [5.41, 5.74) is 6.84. The zero-order chi connectivity index (χ0) is 22.5. The third-order valence-corrected chi connectivity index (χ3v) is 5.40. The van der Waals surface area contributed by atoms with Crippen molar-refractivity contribution in [2.45, 2.75) is 0 Å². The van der Waals surface area contributed by atoms with Crippen LogP contribution in [0.2, 0.25) is 0 Å². The topological polar surface area (TPSA) is 115 Å². The van der Waals surface area contributed by atoms with Crippen LogP contribution in [0, 0.1) is 0 Å². The normalized spacial score (nSPS) is 11.4. The van der Waals surface area contributed by atoms with Crippen LogP contribution in [0.4, 0.5) is 11.6 Å². The number of hydrogen-bond acceptors (Lipinski definition) is 8. The lowest BCUT2D eigenvalue weighted by atomic mass is 10.2. The van der Waals surface area contributed by atoms with Crippen LogP contribution in [0.1, 0.15) is 11.1 Å². The summed E-state index contributed by atoms with van der Waals surface area (Å²) in [6.07, 6.45) is 2.99. The van der Waals surface area contributed by atoms with E-state index in [9.17, 15) is 10.2 Å². The molecule has 160 valence electrons. The van der Waals surface area contributed by atoms with E-state index in [0.29, 0.717) is 22.8 Å². The number of rotatable bonds is 6. The van der Waals surface area contributed by atoms with Crippen molar-refractivity contribution < 1.29 is 10.2 Å². The molecule has 1 aromatic heterocycles. The molecule has 0 aliphatic carbocycles. The number of benzene rings is 3. The number of nitrogens with one attached hydrogen (secondary N) is 2. The minimum atomic E-state index is 0.114. The van der Waals surface area contributed by atoms with E-state index in [0.717, 1.165) is 19.7 Å². The summed E-state index contributed by atoms with van der Waals surface area (Å²) in [7, 11) is 0. The first kappa shape index (κ1) is 21.7. The van der Waals surface area contributed by atoms with Crippen LogP contribution in [0.3, 0.4) is 0 Å². The summed E-state index contributed by atoms with van der Waals surface area (Å²) in [5.74, 6) is 1.13. The summed E-state index contributed by atoms with van der Waals surface area (Å²) in [6.45, 7) is 0. The minimum absolute atomic E-state index is 0.114. The molecule has 0 saturated carbocycles. The molecule has 0 amide bonds. The second-order valence-electron chi connectivity index (χ2n) is 6.59. The average Bonchev–Trinajstić information content (AvgIpc) is 2.79. The molecular weight excluding hydrogens is 540 g/mol. The number of phenols is 2. The van der Waals surface area contributed by atoms with E-state index in [-0.39, 0.29) is 11.5 Å². The predicted molar refractivity (Wildman–Crippen MR) is 134 cm³/mol. The lowest BCUT2D eigenvalue weighted by molar-refractivity contribution is 0.474. The van der Waals surface area contributed by atoms with Crippen LogP contribution >= 0.6 is 31.9 Å². The fourth-order valence-corrected chi connectivity index (χ4v) is 3.61. The molecule has 0 bridgehead atoms. The van der Waals surface area contributed by atoms with Crippen LogP contribution in [-0.4, -0.2) is 32.8 Å². The Kier molecular flexibility index (Phi) is 6.62. The molecule has 0 saturated heterocycles. The van der Waals surface area contributed by atoms with E-state index in [2.05, 4.69) is 63.1 Å². The van der Waals surface area contributed by atoms with Gasteiger partial charge in [-0.1, -0.05) is 56.1 Å². The number of anilines is 2. The third-order valence-electron chi connectivity index (χ3n) is 4.41. The predicted octanol–water partition coefficient (Wildman–Crippen LogP) is 5.46. The molecule has 4 rings (SSSR count). The van der Waals surface area contributed by atoms with E-state index < -0.39 is 0 Å². The second kappa shape index (κ2) is 9.75. The largest absolute Gasteiger partial charge is 0.507 e. The number of fused-ring (bicyclic) bond motifs is 1. The van der Waals surface area contributed by atoms with Crippen molar-refractivity contribution in [1.29, 1.82) is 0 Å². The van der Waals surface area contributed by atoms with Gasteiger partial charge in [0.15, 0.2) is 11.6 Å². The molecule has 10 heteroatoms. The number of nitrogens with zero attached hydrogens (tertiary/aromatic N) is 4. The standard InChI is InChI=1S/C22H16Br2N6O2/c23-15-5-7-19(31)13(9-15)11-25-27-21-17-3-1-2-4-18(17)22(30-29-21)28-26-12-14-10-16(24)6-8-20(14)32/h1-12,31-32H,(H,27,29)(H,28,30)/b25-11-,26-12-. The van der Waals surface area contributed by atoms with E-state index in [4.69, 9.17) is 0 Å². The SMILES string of the molecule is Oc1ccc(Br)cc1/C=N\Nc1nnc(N/N=C\c2cc(Br)ccc2O)c2ccccc12. The Labute approximate surface area is 200 Å². The first-order chi connectivity index (χ1) is 15.5. The maximum absolute atomic E-state index is 9.93. The zero-order valence-electron chi connectivity index (χ0n) is 16.4. The van der Waals surface area contributed by atoms with Crippen molar-refractivity contribution >= 4 is 66.7 Å². The van der Waals surface area contributed by atoms with Crippen LogP contribution in [0.15, 0.2) is 79.8 Å². The van der Waals surface area contributed by atoms with Crippen molar-refractivity contribution in [3.05, 3.63) is 80.7 Å². The quantitative estimate of drug-likeness (QED) is 0.185. The monoisotopic (exact) mass is 554 g/mol. The van der Waals surface area contributed by atoms with Gasteiger partial charge in [0.1, 0.15) is 11.5 Å². The number of aromatic hydroxyl groups is 2. The maximum atomic E-state index is 9.93. The zero-order valence-corrected chi connectivity index (χ0v) is 19.5. The highest BCUT2D eigenvalue weighted by molar-refractivity contribution is 9.10. The molecule has 4 N–H and O–H groups in total. The summed E-state index contributed by atoms with van der Waals surface area (Å²) < 4.78 is 1.66. The fraction of sp³-hybridized carbons (Fsp3) is 0. The molecular formula is C22H16Br2N6O2. The van der Waals surface area contributed by atoms with Crippen LogP contribution < -0.4 is 10.9 Å². The van der Waals surface area contributed by atoms with Gasteiger partial charge < -0.3 is 10.2 Å². The molecule has 1 heterocycles. The number of halogens is 2. The molecule has 0 spiro atoms. The smallest absolute Gasteiger partial charge is 0.176 e. The molecule has 3 aromatic carbocycles. The van der Waals surface area contributed by atoms with E-state index >= 15 is 0 Å². The molecule has 4 aromatic rings. The molecule has 0 aliphatic heterocycles. The Hall–Kier alpha value is -3.50. The molecule has 0 unspecified atom stereocenters. The van der Waals surface area contributed by atoms with Crippen LogP contribution in [0.25, 0.3) is 10.8 Å². The molecule has 0 fully saturated rings. The van der Waals surface area contributed by atoms with Gasteiger partial charge in [0.2, 0.25) is 0 Å². The first-order valence-corrected chi connectivity index (χ1v) is 10.9. The number of hydrogen-bond donors (Lipinski definition) is 4. The minimum Gasteiger partial charge on any atom is -0.507 e. The Morgan fingerprint density at radius 2 is 1.12 bits per heavy atom. The highest BCUT2D eigenvalue weighted by atomic mass is 79.9. The van der Waals surface area contributed by atoms with E-state index in [1.807, 2.05) is 24.3 Å². The third kappa shape index (κ3) is 5.04. The number of aromatic nitrogens is 2. The van der Waals surface area contributed by atoms with Crippen molar-refractivity contribution in [3.8, 4) is 11.5 Å². The summed E-state index contributed by atoms with van der Waals surface area (Å²) in [5, 5.41) is 38.2. The van der Waals surface area contributed by atoms with Gasteiger partial charge in [0.05, 0.1) is 12.4 Å². The Balaban J connectivity index is 1.56. The van der Waals surface area contributed by atoms with Gasteiger partial charge in [-0.15, -0.1) is 10.2 Å². The highest BCUT2D eigenvalue weighted by Crippen LogP contribution is 2.26. The van der Waals surface area contributed by atoms with Gasteiger partial charge in [-0.2, -0.15) is 10.2 Å². The van der Waals surface area contributed by atoms with Gasteiger partial charge in [0, 0.05) is 30.8 Å². The molecule has 8 nitrogen and oxygen atoms in total. The molecule has 0 aliphatic rings. The van der Waals surface area contributed by atoms with Gasteiger partial charge in [-0.25, -0.2) is 0 Å². The molecule has 0 radical (unpaired) electrons. The lowest BCUT2D eigenvalue weighted by Gasteiger charge is -2.08. The van der Waals surface area contributed by atoms with Crippen LogP contribution in [0.5, 0.6) is 11.5 Å². The van der Waals surface area contributed by atoms with Crippen LogP contribution in [-0.2, 0) is 0 Å². The summed E-state index contributed by atoms with van der Waals surface area (Å²) >= 11 is 6.73. The Bertz CT molecular complexity index is 1240. The van der Waals surface area contributed by atoms with Gasteiger partial charge >= 0.3 is 0 Å². The van der Waals surface area contributed by atoms with Crippen molar-refractivity contribution in [2.24, 2.45) is 10.2 Å².